The quantitative estimate of drug-likeness (QED) is 0.288. The zero-order valence-electron chi connectivity index (χ0n) is 7.10. The summed E-state index contributed by atoms with van der Waals surface area (Å²) in [7, 11) is 0. The number of rotatable bonds is 4. The summed E-state index contributed by atoms with van der Waals surface area (Å²) in [6.45, 7) is 0. The number of nitrogens with zero attached hydrogens (tertiary/aromatic N) is 2. The van der Waals surface area contributed by atoms with Crippen LogP contribution in [0.25, 0.3) is 0 Å². The fraction of sp³-hybridized carbons (Fsp3) is 0.500. The van der Waals surface area contributed by atoms with Crippen molar-refractivity contribution in [3.05, 3.63) is 32.1 Å². The third-order valence-electron chi connectivity index (χ3n) is 1.65. The highest BCUT2D eigenvalue weighted by atomic mass is 16.6. The Morgan fingerprint density at radius 1 is 1.36 bits per heavy atom. The number of amidine groups is 1. The van der Waals surface area contributed by atoms with Gasteiger partial charge >= 0.3 is 11.5 Å². The molecule has 1 fully saturated rings. The summed E-state index contributed by atoms with van der Waals surface area (Å²) < 4.78 is 0. The van der Waals surface area contributed by atoms with Crippen molar-refractivity contribution >= 4 is 5.84 Å². The minimum Gasteiger partial charge on any atom is -0.382 e. The first-order valence-corrected chi connectivity index (χ1v) is 3.86. The Hall–Kier alpha value is -1.99. The molecule has 0 aromatic carbocycles. The summed E-state index contributed by atoms with van der Waals surface area (Å²) in [6, 6.07) is 0.157. The van der Waals surface area contributed by atoms with Gasteiger partial charge in [-0.1, -0.05) is 5.41 Å². The van der Waals surface area contributed by atoms with Crippen LogP contribution in [0.4, 0.5) is 0 Å². The molecule has 0 heterocycles. The van der Waals surface area contributed by atoms with Crippen molar-refractivity contribution in [2.75, 3.05) is 0 Å². The number of nitrogens with one attached hydrogen (secondary N) is 2. The van der Waals surface area contributed by atoms with Crippen LogP contribution in [-0.4, -0.2) is 21.7 Å². The van der Waals surface area contributed by atoms with E-state index in [1.54, 1.807) is 0 Å². The highest BCUT2D eigenvalue weighted by Gasteiger charge is 2.29. The first kappa shape index (κ1) is 10.1. The van der Waals surface area contributed by atoms with Crippen LogP contribution in [-0.2, 0) is 0 Å². The Kier molecular flexibility index (Phi) is 2.75. The van der Waals surface area contributed by atoms with E-state index in [0.717, 1.165) is 19.0 Å². The van der Waals surface area contributed by atoms with Crippen molar-refractivity contribution in [3.63, 3.8) is 0 Å². The van der Waals surface area contributed by atoms with Gasteiger partial charge in [0, 0.05) is 6.04 Å². The SMILES string of the molecule is N=C(/C(=C\NC1CC1)[N+](=O)[O-])[N+](=O)[O-]. The lowest BCUT2D eigenvalue weighted by Crippen LogP contribution is -2.22. The van der Waals surface area contributed by atoms with Crippen molar-refractivity contribution in [3.8, 4) is 0 Å². The third-order valence-corrected chi connectivity index (χ3v) is 1.65. The molecule has 1 aliphatic carbocycles. The maximum absolute atomic E-state index is 10.3. The maximum Gasteiger partial charge on any atom is 0.436 e. The van der Waals surface area contributed by atoms with Gasteiger partial charge in [0.25, 0.3) is 0 Å². The third kappa shape index (κ3) is 2.51. The van der Waals surface area contributed by atoms with Crippen molar-refractivity contribution in [2.45, 2.75) is 18.9 Å². The van der Waals surface area contributed by atoms with Crippen LogP contribution >= 0.6 is 0 Å². The summed E-state index contributed by atoms with van der Waals surface area (Å²) in [4.78, 5) is 18.4. The highest BCUT2D eigenvalue weighted by molar-refractivity contribution is 5.86. The molecule has 1 saturated carbocycles. The van der Waals surface area contributed by atoms with Gasteiger partial charge in [0.05, 0.1) is 11.1 Å². The standard InChI is InChI=1S/C6H8N4O4/c7-6(10(13)14)5(9(11)12)3-8-4-1-2-4/h3-4,7-8H,1-2H2/b5-3+,7-6?. The number of hydrogen-bond donors (Lipinski definition) is 2. The van der Waals surface area contributed by atoms with Crippen LogP contribution in [0, 0.1) is 25.6 Å². The summed E-state index contributed by atoms with van der Waals surface area (Å²) in [6.07, 6.45) is 2.71. The molecule has 0 aromatic heterocycles. The fourth-order valence-electron chi connectivity index (χ4n) is 0.748. The summed E-state index contributed by atoms with van der Waals surface area (Å²) >= 11 is 0. The molecule has 0 aromatic rings. The molecule has 2 N–H and O–H groups in total. The molecule has 8 nitrogen and oxygen atoms in total. The van der Waals surface area contributed by atoms with Gasteiger partial charge in [0.15, 0.2) is 0 Å². The van der Waals surface area contributed by atoms with Gasteiger partial charge < -0.3 is 15.4 Å². The van der Waals surface area contributed by atoms with Crippen LogP contribution in [0.2, 0.25) is 0 Å². The number of nitro groups is 2. The molecule has 8 heteroatoms. The molecule has 0 radical (unpaired) electrons. The number of hydrogen-bond acceptors (Lipinski definition) is 6. The van der Waals surface area contributed by atoms with Crippen molar-refractivity contribution in [1.29, 1.82) is 5.41 Å². The topological polar surface area (TPSA) is 122 Å². The average Bonchev–Trinajstić information content (AvgIpc) is 2.87. The van der Waals surface area contributed by atoms with Crippen molar-refractivity contribution < 1.29 is 9.85 Å². The van der Waals surface area contributed by atoms with E-state index in [4.69, 9.17) is 5.41 Å². The lowest BCUT2D eigenvalue weighted by Gasteiger charge is -1.96. The molecule has 0 aliphatic heterocycles. The second kappa shape index (κ2) is 3.81. The Morgan fingerprint density at radius 2 is 1.93 bits per heavy atom. The van der Waals surface area contributed by atoms with E-state index in [1.165, 1.54) is 0 Å². The van der Waals surface area contributed by atoms with Gasteiger partial charge in [-0.2, -0.15) is 0 Å². The highest BCUT2D eigenvalue weighted by Crippen LogP contribution is 2.18. The van der Waals surface area contributed by atoms with E-state index >= 15 is 0 Å². The van der Waals surface area contributed by atoms with E-state index in [2.05, 4.69) is 5.32 Å². The van der Waals surface area contributed by atoms with Crippen LogP contribution in [0.15, 0.2) is 11.9 Å². The Balaban J connectivity index is 2.71. The normalized spacial score (nSPS) is 16.1. The zero-order chi connectivity index (χ0) is 10.7. The molecule has 14 heavy (non-hydrogen) atoms. The Bertz CT molecular complexity index is 320. The molecule has 0 spiro atoms. The molecule has 0 bridgehead atoms. The van der Waals surface area contributed by atoms with Gasteiger partial charge in [-0.3, -0.25) is 10.1 Å². The lowest BCUT2D eigenvalue weighted by atomic mass is 10.4. The fourth-order valence-corrected chi connectivity index (χ4v) is 0.748. The zero-order valence-corrected chi connectivity index (χ0v) is 7.10. The maximum atomic E-state index is 10.3. The van der Waals surface area contributed by atoms with Crippen LogP contribution in [0.1, 0.15) is 12.8 Å². The minimum absolute atomic E-state index is 0.157. The minimum atomic E-state index is -1.21. The summed E-state index contributed by atoms with van der Waals surface area (Å²) in [5.74, 6) is -1.21. The van der Waals surface area contributed by atoms with E-state index in [0.29, 0.717) is 0 Å². The summed E-state index contributed by atoms with van der Waals surface area (Å²) in [5.41, 5.74) is -0.818. The largest absolute Gasteiger partial charge is 0.436 e. The van der Waals surface area contributed by atoms with E-state index in [9.17, 15) is 20.2 Å². The molecule has 0 unspecified atom stereocenters. The molecular formula is C6H8N4O4. The molecule has 1 rings (SSSR count). The smallest absolute Gasteiger partial charge is 0.382 e. The second-order valence-corrected chi connectivity index (χ2v) is 2.83. The van der Waals surface area contributed by atoms with Gasteiger partial charge in [-0.25, -0.2) is 0 Å². The molecule has 0 saturated heterocycles. The van der Waals surface area contributed by atoms with Crippen molar-refractivity contribution in [1.82, 2.24) is 5.32 Å². The van der Waals surface area contributed by atoms with Crippen LogP contribution in [0.3, 0.4) is 0 Å². The van der Waals surface area contributed by atoms with Crippen LogP contribution in [0.5, 0.6) is 0 Å². The lowest BCUT2D eigenvalue weighted by molar-refractivity contribution is -0.437. The van der Waals surface area contributed by atoms with E-state index in [1.807, 2.05) is 0 Å². The second-order valence-electron chi connectivity index (χ2n) is 2.83. The Morgan fingerprint density at radius 3 is 2.29 bits per heavy atom. The predicted molar refractivity (Wildman–Crippen MR) is 46.0 cm³/mol. The van der Waals surface area contributed by atoms with E-state index < -0.39 is 21.4 Å². The predicted octanol–water partition coefficient (Wildman–Crippen LogP) is 0.110. The van der Waals surface area contributed by atoms with E-state index in [-0.39, 0.29) is 6.04 Å². The van der Waals surface area contributed by atoms with Gasteiger partial charge in [-0.05, 0) is 17.8 Å². The molecule has 0 amide bonds. The summed E-state index contributed by atoms with van der Waals surface area (Å²) in [5, 5.41) is 29.9. The van der Waals surface area contributed by atoms with Gasteiger partial charge in [0.2, 0.25) is 0 Å². The molecule has 0 atom stereocenters. The van der Waals surface area contributed by atoms with Gasteiger partial charge in [-0.15, -0.1) is 0 Å². The first-order chi connectivity index (χ1) is 6.52. The first-order valence-electron chi connectivity index (χ1n) is 3.86. The van der Waals surface area contributed by atoms with Gasteiger partial charge in [0.1, 0.15) is 0 Å². The van der Waals surface area contributed by atoms with Crippen molar-refractivity contribution in [2.24, 2.45) is 0 Å². The molecular weight excluding hydrogens is 192 g/mol. The monoisotopic (exact) mass is 200 g/mol. The molecule has 76 valence electrons. The average molecular weight is 200 g/mol. The van der Waals surface area contributed by atoms with Crippen LogP contribution < -0.4 is 5.32 Å². The Labute approximate surface area is 78.4 Å². The molecule has 1 aliphatic rings.